The van der Waals surface area contributed by atoms with Gasteiger partial charge in [0.05, 0.1) is 11.1 Å². The number of hydrogen-bond acceptors (Lipinski definition) is 3. The molecule has 0 bridgehead atoms. The van der Waals surface area contributed by atoms with E-state index in [1.165, 1.54) is 0 Å². The molecule has 0 radical (unpaired) electrons. The van der Waals surface area contributed by atoms with Gasteiger partial charge in [-0.2, -0.15) is 0 Å². The second-order valence-corrected chi connectivity index (χ2v) is 7.36. The molecule has 0 fully saturated rings. The first-order valence-corrected chi connectivity index (χ1v) is 9.48. The number of fused-ring (bicyclic) bond motifs is 3. The Bertz CT molecular complexity index is 1300. The summed E-state index contributed by atoms with van der Waals surface area (Å²) in [5.41, 5.74) is 6.07. The number of rotatable bonds is 2. The van der Waals surface area contributed by atoms with Gasteiger partial charge in [-0.3, -0.25) is 4.57 Å². The molecule has 0 spiro atoms. The highest BCUT2D eigenvalue weighted by molar-refractivity contribution is 9.10. The molecule has 0 amide bonds. The molecule has 0 saturated heterocycles. The van der Waals surface area contributed by atoms with Gasteiger partial charge in [-0.15, -0.1) is 5.10 Å². The summed E-state index contributed by atoms with van der Waals surface area (Å²) in [4.78, 5) is 9.55. The average Bonchev–Trinajstić information content (AvgIpc) is 3.23. The molecule has 5 aromatic rings. The van der Waals surface area contributed by atoms with Crippen LogP contribution in [-0.4, -0.2) is 24.1 Å². The van der Waals surface area contributed by atoms with Crippen LogP contribution in [0.4, 0.5) is 0 Å². The standard InChI is InChI=1S/C21H16BrN5/c1-13-14(2)27(17-11-7-6-10-16(17)22)20-18(13)21-24-19(25-26(21)12-23-20)15-8-4-3-5-9-15/h3-12H,1-2H3. The van der Waals surface area contributed by atoms with Crippen LogP contribution in [0.2, 0.25) is 0 Å². The number of hydrogen-bond donors (Lipinski definition) is 0. The Kier molecular flexibility index (Phi) is 3.62. The van der Waals surface area contributed by atoms with Crippen molar-refractivity contribution in [3.05, 3.63) is 76.7 Å². The molecule has 6 heteroatoms. The van der Waals surface area contributed by atoms with E-state index in [0.29, 0.717) is 5.82 Å². The van der Waals surface area contributed by atoms with E-state index in [4.69, 9.17) is 9.97 Å². The summed E-state index contributed by atoms with van der Waals surface area (Å²) >= 11 is 3.66. The van der Waals surface area contributed by atoms with Crippen LogP contribution in [0, 0.1) is 13.8 Å². The first-order valence-electron chi connectivity index (χ1n) is 8.68. The maximum Gasteiger partial charge on any atom is 0.182 e. The number of aryl methyl sites for hydroxylation is 1. The van der Waals surface area contributed by atoms with Crippen LogP contribution in [0.15, 0.2) is 65.4 Å². The van der Waals surface area contributed by atoms with Crippen molar-refractivity contribution >= 4 is 32.6 Å². The topological polar surface area (TPSA) is 48.0 Å². The fourth-order valence-corrected chi connectivity index (χ4v) is 3.96. The van der Waals surface area contributed by atoms with Crippen LogP contribution in [0.3, 0.4) is 0 Å². The van der Waals surface area contributed by atoms with E-state index in [1.807, 2.05) is 48.5 Å². The monoisotopic (exact) mass is 417 g/mol. The lowest BCUT2D eigenvalue weighted by atomic mass is 10.2. The maximum atomic E-state index is 4.83. The third-order valence-electron chi connectivity index (χ3n) is 4.96. The number of halogens is 1. The zero-order valence-corrected chi connectivity index (χ0v) is 16.5. The number of aromatic nitrogens is 5. The fourth-order valence-electron chi connectivity index (χ4n) is 3.50. The van der Waals surface area contributed by atoms with Crippen molar-refractivity contribution in [2.75, 3.05) is 0 Å². The Morgan fingerprint density at radius 3 is 2.41 bits per heavy atom. The Balaban J connectivity index is 1.84. The van der Waals surface area contributed by atoms with E-state index in [-0.39, 0.29) is 0 Å². The molecular weight excluding hydrogens is 402 g/mol. The molecule has 27 heavy (non-hydrogen) atoms. The number of para-hydroxylation sites is 1. The zero-order chi connectivity index (χ0) is 18.5. The Morgan fingerprint density at radius 1 is 0.889 bits per heavy atom. The highest BCUT2D eigenvalue weighted by atomic mass is 79.9. The molecule has 5 rings (SSSR count). The van der Waals surface area contributed by atoms with Crippen molar-refractivity contribution < 1.29 is 0 Å². The zero-order valence-electron chi connectivity index (χ0n) is 14.9. The summed E-state index contributed by atoms with van der Waals surface area (Å²) in [5, 5.41) is 5.66. The van der Waals surface area contributed by atoms with Gasteiger partial charge < -0.3 is 0 Å². The molecule has 2 aromatic carbocycles. The summed E-state index contributed by atoms with van der Waals surface area (Å²) in [6.07, 6.45) is 1.74. The lowest BCUT2D eigenvalue weighted by Gasteiger charge is -2.09. The van der Waals surface area contributed by atoms with Crippen LogP contribution in [-0.2, 0) is 0 Å². The third-order valence-corrected chi connectivity index (χ3v) is 5.63. The van der Waals surface area contributed by atoms with Gasteiger partial charge in [-0.25, -0.2) is 14.5 Å². The van der Waals surface area contributed by atoms with E-state index < -0.39 is 0 Å². The van der Waals surface area contributed by atoms with E-state index in [9.17, 15) is 0 Å². The molecule has 5 nitrogen and oxygen atoms in total. The minimum atomic E-state index is 0.704. The highest BCUT2D eigenvalue weighted by Crippen LogP contribution is 2.32. The van der Waals surface area contributed by atoms with Gasteiger partial charge in [0.2, 0.25) is 0 Å². The Morgan fingerprint density at radius 2 is 1.63 bits per heavy atom. The van der Waals surface area contributed by atoms with Crippen LogP contribution in [0.1, 0.15) is 11.3 Å². The molecule has 0 aliphatic carbocycles. The molecule has 3 aromatic heterocycles. The largest absolute Gasteiger partial charge is 0.297 e. The molecule has 0 saturated carbocycles. The van der Waals surface area contributed by atoms with Crippen molar-refractivity contribution in [3.63, 3.8) is 0 Å². The second kappa shape index (κ2) is 6.03. The van der Waals surface area contributed by atoms with Crippen molar-refractivity contribution in [2.24, 2.45) is 0 Å². The minimum absolute atomic E-state index is 0.704. The fraction of sp³-hybridized carbons (Fsp3) is 0.0952. The molecular formula is C21H16BrN5. The van der Waals surface area contributed by atoms with Gasteiger partial charge in [0, 0.05) is 15.7 Å². The Labute approximate surface area is 164 Å². The summed E-state index contributed by atoms with van der Waals surface area (Å²) in [6.45, 7) is 4.23. The predicted molar refractivity (Wildman–Crippen MR) is 110 cm³/mol. The maximum absolute atomic E-state index is 4.83. The minimum Gasteiger partial charge on any atom is -0.297 e. The molecule has 0 unspecified atom stereocenters. The van der Waals surface area contributed by atoms with Gasteiger partial charge in [-0.05, 0) is 47.5 Å². The summed E-state index contributed by atoms with van der Waals surface area (Å²) < 4.78 is 4.96. The van der Waals surface area contributed by atoms with Crippen molar-refractivity contribution in [1.82, 2.24) is 24.1 Å². The lowest BCUT2D eigenvalue weighted by molar-refractivity contribution is 0.926. The molecule has 0 atom stereocenters. The van der Waals surface area contributed by atoms with Crippen LogP contribution in [0.5, 0.6) is 0 Å². The van der Waals surface area contributed by atoms with E-state index >= 15 is 0 Å². The number of benzene rings is 2. The highest BCUT2D eigenvalue weighted by Gasteiger charge is 2.20. The molecule has 0 N–H and O–H groups in total. The lowest BCUT2D eigenvalue weighted by Crippen LogP contribution is -2.00. The quantitative estimate of drug-likeness (QED) is 0.400. The molecule has 0 aliphatic heterocycles. The van der Waals surface area contributed by atoms with E-state index in [1.54, 1.807) is 10.8 Å². The van der Waals surface area contributed by atoms with E-state index in [0.717, 1.165) is 43.7 Å². The summed E-state index contributed by atoms with van der Waals surface area (Å²) in [6, 6.07) is 18.2. The van der Waals surface area contributed by atoms with Gasteiger partial charge in [-0.1, -0.05) is 42.5 Å². The SMILES string of the molecule is Cc1c(C)n(-c2ccccc2Br)c2ncn3nc(-c4ccccc4)nc3c12. The summed E-state index contributed by atoms with van der Waals surface area (Å²) in [5.74, 6) is 0.704. The van der Waals surface area contributed by atoms with Gasteiger partial charge in [0.1, 0.15) is 6.33 Å². The van der Waals surface area contributed by atoms with Crippen LogP contribution < -0.4 is 0 Å². The molecule has 132 valence electrons. The van der Waals surface area contributed by atoms with Crippen molar-refractivity contribution in [2.45, 2.75) is 13.8 Å². The first kappa shape index (κ1) is 16.2. The van der Waals surface area contributed by atoms with E-state index in [2.05, 4.69) is 45.5 Å². The normalized spacial score (nSPS) is 11.5. The number of nitrogens with zero attached hydrogens (tertiary/aromatic N) is 5. The second-order valence-electron chi connectivity index (χ2n) is 6.51. The third kappa shape index (κ3) is 2.40. The van der Waals surface area contributed by atoms with Gasteiger partial charge in [0.25, 0.3) is 0 Å². The van der Waals surface area contributed by atoms with Gasteiger partial charge >= 0.3 is 0 Å². The van der Waals surface area contributed by atoms with Crippen molar-refractivity contribution in [3.8, 4) is 17.1 Å². The first-order chi connectivity index (χ1) is 13.1. The molecule has 3 heterocycles. The average molecular weight is 418 g/mol. The van der Waals surface area contributed by atoms with Gasteiger partial charge in [0.15, 0.2) is 17.1 Å². The van der Waals surface area contributed by atoms with Crippen molar-refractivity contribution in [1.29, 1.82) is 0 Å². The molecule has 0 aliphatic rings. The summed E-state index contributed by atoms with van der Waals surface area (Å²) in [7, 11) is 0. The predicted octanol–water partition coefficient (Wildman–Crippen LogP) is 5.11. The Hall–Kier alpha value is -2.99. The smallest absolute Gasteiger partial charge is 0.182 e. The van der Waals surface area contributed by atoms with Crippen LogP contribution >= 0.6 is 15.9 Å². The van der Waals surface area contributed by atoms with Crippen LogP contribution in [0.25, 0.3) is 33.8 Å².